The summed E-state index contributed by atoms with van der Waals surface area (Å²) in [7, 11) is 0. The predicted octanol–water partition coefficient (Wildman–Crippen LogP) is 4.83. The molecule has 3 aliphatic heterocycles. The molecule has 2 fully saturated rings. The molecule has 0 bridgehead atoms. The van der Waals surface area contributed by atoms with Crippen molar-refractivity contribution in [3.05, 3.63) is 62.6 Å². The molecule has 3 amide bonds. The Bertz CT molecular complexity index is 1720. The lowest BCUT2D eigenvalue weighted by Gasteiger charge is -2.30. The molecule has 4 aliphatic rings. The number of alkyl carbamates (subject to hydrolysis) is 1. The summed E-state index contributed by atoms with van der Waals surface area (Å²) >= 11 is 3.16. The lowest BCUT2D eigenvalue weighted by molar-refractivity contribution is -0.145. The highest BCUT2D eigenvalue weighted by Gasteiger charge is 2.61. The maximum atomic E-state index is 14.4. The molecule has 0 aromatic carbocycles. The van der Waals surface area contributed by atoms with Crippen LogP contribution in [0.5, 0.6) is 0 Å². The molecular weight excluding hydrogens is 667 g/mol. The number of hydrogen-bond acceptors (Lipinski definition) is 9. The van der Waals surface area contributed by atoms with Gasteiger partial charge in [-0.15, -0.1) is 11.8 Å². The van der Waals surface area contributed by atoms with E-state index in [1.54, 1.807) is 38.7 Å². The number of nitrogens with zero attached hydrogens (tertiary/aromatic N) is 3. The zero-order valence-electron chi connectivity index (χ0n) is 27.9. The van der Waals surface area contributed by atoms with Gasteiger partial charge in [-0.05, 0) is 74.3 Å². The number of thioether (sulfide) groups is 1. The summed E-state index contributed by atoms with van der Waals surface area (Å²) in [5.74, 6) is -2.02. The van der Waals surface area contributed by atoms with Gasteiger partial charge in [0.1, 0.15) is 23.2 Å². The van der Waals surface area contributed by atoms with Crippen molar-refractivity contribution in [1.29, 1.82) is 0 Å². The third kappa shape index (κ3) is 7.49. The summed E-state index contributed by atoms with van der Waals surface area (Å²) < 4.78 is 6.85. The van der Waals surface area contributed by atoms with E-state index in [4.69, 9.17) is 4.74 Å². The standard InChI is InChI=1S/C35H43N5O7S2/c1-34(2,3)47-33(46)37-26-10-8-6-4-5-7-9-23-16-35(23,32(44)45)38-29(41)27-15-24(18-39(27)30(26)42)40-31(43)28(22-12-14-49-20-22)25(17-36-40)21-11-13-48-19-21/h7,9,11-14,17,19,22-24,26-27H,4-6,8,10,15-16,18,20H2,1-3H3,(H,37,46)(H,38,41)(H,44,45)/b9-7-/t22?,23-,24-,26+,27+,35-/m1/s1. The van der Waals surface area contributed by atoms with Gasteiger partial charge in [-0.1, -0.05) is 31.1 Å². The van der Waals surface area contributed by atoms with Crippen LogP contribution in [0.2, 0.25) is 0 Å². The van der Waals surface area contributed by atoms with E-state index in [9.17, 15) is 29.1 Å². The van der Waals surface area contributed by atoms with Crippen LogP contribution in [0.3, 0.4) is 0 Å². The van der Waals surface area contributed by atoms with Crippen LogP contribution in [0, 0.1) is 5.92 Å². The topological polar surface area (TPSA) is 160 Å². The Morgan fingerprint density at radius 3 is 2.67 bits per heavy atom. The highest BCUT2D eigenvalue weighted by molar-refractivity contribution is 8.02. The van der Waals surface area contributed by atoms with E-state index in [1.807, 2.05) is 40.5 Å². The molecule has 6 rings (SSSR count). The van der Waals surface area contributed by atoms with Crippen LogP contribution >= 0.6 is 23.1 Å². The number of allylic oxidation sites excluding steroid dienone is 2. The molecule has 2 aromatic heterocycles. The molecule has 0 spiro atoms. The maximum Gasteiger partial charge on any atom is 0.408 e. The average molecular weight is 710 g/mol. The first-order chi connectivity index (χ1) is 23.4. The summed E-state index contributed by atoms with van der Waals surface area (Å²) in [6.45, 7) is 5.17. The summed E-state index contributed by atoms with van der Waals surface area (Å²) in [6.07, 6.45) is 10.4. The number of carboxylic acid groups (broad SMARTS) is 1. The van der Waals surface area contributed by atoms with E-state index in [0.29, 0.717) is 24.2 Å². The van der Waals surface area contributed by atoms with Crippen molar-refractivity contribution in [2.24, 2.45) is 5.92 Å². The molecule has 1 saturated heterocycles. The summed E-state index contributed by atoms with van der Waals surface area (Å²) in [5.41, 5.74) is -0.292. The molecule has 2 aromatic rings. The van der Waals surface area contributed by atoms with E-state index < -0.39 is 53.1 Å². The third-order valence-electron chi connectivity index (χ3n) is 9.60. The number of amides is 3. The Morgan fingerprint density at radius 1 is 1.16 bits per heavy atom. The molecular formula is C35H43N5O7S2. The minimum Gasteiger partial charge on any atom is -0.479 e. The van der Waals surface area contributed by atoms with Crippen LogP contribution in [0.1, 0.15) is 83.2 Å². The molecule has 6 atom stereocenters. The van der Waals surface area contributed by atoms with Crippen molar-refractivity contribution in [2.75, 3.05) is 12.3 Å². The highest BCUT2D eigenvalue weighted by Crippen LogP contribution is 2.45. The number of ether oxygens (including phenoxy) is 1. The van der Waals surface area contributed by atoms with E-state index in [0.717, 1.165) is 30.4 Å². The molecule has 3 N–H and O–H groups in total. The average Bonchev–Trinajstić information content (AvgIpc) is 3.56. The number of aliphatic carboxylic acids is 1. The molecule has 12 nitrogen and oxygen atoms in total. The number of aromatic nitrogens is 2. The van der Waals surface area contributed by atoms with Crippen LogP contribution in [-0.2, 0) is 19.1 Å². The van der Waals surface area contributed by atoms with Gasteiger partial charge in [-0.25, -0.2) is 14.3 Å². The number of nitrogens with one attached hydrogen (secondary N) is 2. The van der Waals surface area contributed by atoms with Gasteiger partial charge in [0.2, 0.25) is 11.8 Å². The van der Waals surface area contributed by atoms with Crippen molar-refractivity contribution in [3.63, 3.8) is 0 Å². The fraction of sp³-hybridized carbons (Fsp3) is 0.543. The first kappa shape index (κ1) is 34.9. The van der Waals surface area contributed by atoms with Gasteiger partial charge in [0.05, 0.1) is 12.2 Å². The second kappa shape index (κ2) is 14.1. The number of carbonyl (C=O) groups is 4. The second-order valence-electron chi connectivity index (χ2n) is 14.2. The number of carbonyl (C=O) groups excluding carboxylic acids is 3. The minimum atomic E-state index is -1.47. The van der Waals surface area contributed by atoms with E-state index in [2.05, 4.69) is 15.7 Å². The third-order valence-corrected chi connectivity index (χ3v) is 11.2. The fourth-order valence-corrected chi connectivity index (χ4v) is 8.55. The number of hydrogen-bond donors (Lipinski definition) is 3. The number of rotatable bonds is 5. The summed E-state index contributed by atoms with van der Waals surface area (Å²) in [5, 5.41) is 26.2. The lowest BCUT2D eigenvalue weighted by atomic mass is 9.95. The fourth-order valence-electron chi connectivity index (χ4n) is 7.00. The zero-order chi connectivity index (χ0) is 34.9. The number of fused-ring (bicyclic) bond motifs is 2. The summed E-state index contributed by atoms with van der Waals surface area (Å²) in [6, 6.07) is -0.805. The van der Waals surface area contributed by atoms with Gasteiger partial charge in [-0.3, -0.25) is 14.4 Å². The van der Waals surface area contributed by atoms with Crippen molar-refractivity contribution < 1.29 is 29.0 Å². The maximum absolute atomic E-state index is 14.4. The van der Waals surface area contributed by atoms with Crippen LogP contribution < -0.4 is 16.2 Å². The molecule has 14 heteroatoms. The molecule has 49 heavy (non-hydrogen) atoms. The number of thiophene rings is 1. The van der Waals surface area contributed by atoms with Crippen molar-refractivity contribution >= 4 is 47.0 Å². The van der Waals surface area contributed by atoms with Gasteiger partial charge in [-0.2, -0.15) is 16.4 Å². The molecule has 1 unspecified atom stereocenters. The van der Waals surface area contributed by atoms with Crippen LogP contribution in [0.25, 0.3) is 11.1 Å². The smallest absolute Gasteiger partial charge is 0.408 e. The Hall–Kier alpha value is -3.91. The Balaban J connectivity index is 1.36. The molecule has 262 valence electrons. The van der Waals surface area contributed by atoms with E-state index in [-0.39, 0.29) is 36.8 Å². The van der Waals surface area contributed by atoms with Gasteiger partial charge < -0.3 is 25.4 Å². The Kier molecular flexibility index (Phi) is 10.1. The van der Waals surface area contributed by atoms with Crippen LogP contribution in [-0.4, -0.2) is 79.2 Å². The normalized spacial score (nSPS) is 29.6. The molecule has 5 heterocycles. The lowest BCUT2D eigenvalue weighted by Crippen LogP contribution is -2.56. The van der Waals surface area contributed by atoms with Gasteiger partial charge in [0.25, 0.3) is 5.56 Å². The molecule has 0 radical (unpaired) electrons. The first-order valence-corrected chi connectivity index (χ1v) is 18.8. The minimum absolute atomic E-state index is 0.0216. The highest BCUT2D eigenvalue weighted by atomic mass is 32.2. The van der Waals surface area contributed by atoms with Gasteiger partial charge >= 0.3 is 12.1 Å². The SMILES string of the molecule is CC(C)(C)OC(=O)N[C@H]1CCCCC/C=C\[C@@H]2C[C@@]2(C(=O)O)NC(=O)[C@@H]2C[C@@H](n3ncc(-c4ccsc4)c(C4C=CSC4)c3=O)CN2C1=O. The largest absolute Gasteiger partial charge is 0.479 e. The summed E-state index contributed by atoms with van der Waals surface area (Å²) in [4.78, 5) is 69.5. The van der Waals surface area contributed by atoms with Crippen molar-refractivity contribution in [2.45, 2.75) is 101 Å². The first-order valence-electron chi connectivity index (χ1n) is 16.8. The quantitative estimate of drug-likeness (QED) is 0.370. The Labute approximate surface area is 293 Å². The van der Waals surface area contributed by atoms with Gasteiger partial charge in [0.15, 0.2) is 0 Å². The zero-order valence-corrected chi connectivity index (χ0v) is 29.6. The van der Waals surface area contributed by atoms with Crippen LogP contribution in [0.4, 0.5) is 4.79 Å². The van der Waals surface area contributed by atoms with Crippen molar-refractivity contribution in [1.82, 2.24) is 25.3 Å². The van der Waals surface area contributed by atoms with Gasteiger partial charge in [0, 0.05) is 41.7 Å². The van der Waals surface area contributed by atoms with Crippen molar-refractivity contribution in [3.8, 4) is 11.1 Å². The number of carboxylic acids is 1. The molecule has 1 aliphatic carbocycles. The van der Waals surface area contributed by atoms with E-state index >= 15 is 0 Å². The monoisotopic (exact) mass is 709 g/mol. The predicted molar refractivity (Wildman–Crippen MR) is 187 cm³/mol. The van der Waals surface area contributed by atoms with Crippen LogP contribution in [0.15, 0.2) is 51.5 Å². The molecule has 1 saturated carbocycles. The Morgan fingerprint density at radius 2 is 1.98 bits per heavy atom. The second-order valence-corrected chi connectivity index (χ2v) is 16.0. The van der Waals surface area contributed by atoms with E-state index in [1.165, 1.54) is 20.9 Å².